The van der Waals surface area contributed by atoms with E-state index in [2.05, 4.69) is 28.6 Å². The van der Waals surface area contributed by atoms with Crippen molar-refractivity contribution in [2.45, 2.75) is 51.1 Å². The maximum atomic E-state index is 12.4. The number of nitrogens with zero attached hydrogens (tertiary/aromatic N) is 5. The first-order chi connectivity index (χ1) is 15.4. The Labute approximate surface area is 195 Å². The number of thioether (sulfide) groups is 1. The lowest BCUT2D eigenvalue weighted by atomic mass is 10.2. The Morgan fingerprint density at radius 2 is 2.09 bits per heavy atom. The largest absolute Gasteiger partial charge is 0.467 e. The fraction of sp³-hybridized carbons (Fsp3) is 0.304. The van der Waals surface area contributed by atoms with Crippen molar-refractivity contribution in [1.82, 2.24) is 19.7 Å². The van der Waals surface area contributed by atoms with Crippen molar-refractivity contribution >= 4 is 39.8 Å². The van der Waals surface area contributed by atoms with E-state index in [4.69, 9.17) is 9.40 Å². The van der Waals surface area contributed by atoms with E-state index in [1.807, 2.05) is 48.7 Å². The second-order valence-corrected chi connectivity index (χ2v) is 9.54. The summed E-state index contributed by atoms with van der Waals surface area (Å²) in [6.45, 7) is 8.36. The van der Waals surface area contributed by atoms with Crippen molar-refractivity contribution in [3.8, 4) is 0 Å². The minimum Gasteiger partial charge on any atom is -0.467 e. The predicted molar refractivity (Wildman–Crippen MR) is 128 cm³/mol. The molecule has 7 nitrogen and oxygen atoms in total. The number of carbonyl (C=O) groups excluding carboxylic acids is 1. The normalized spacial score (nSPS) is 11.3. The smallest absolute Gasteiger partial charge is 0.230 e. The number of anilines is 2. The van der Waals surface area contributed by atoms with E-state index in [1.54, 1.807) is 29.8 Å². The van der Waals surface area contributed by atoms with Crippen LogP contribution in [-0.2, 0) is 17.1 Å². The lowest BCUT2D eigenvalue weighted by Crippen LogP contribution is -2.22. The number of furan rings is 1. The molecule has 3 heterocycles. The summed E-state index contributed by atoms with van der Waals surface area (Å²) < 4.78 is 7.62. The zero-order valence-corrected chi connectivity index (χ0v) is 20.1. The van der Waals surface area contributed by atoms with Gasteiger partial charge in [-0.3, -0.25) is 14.3 Å². The Bertz CT molecular complexity index is 1200. The Morgan fingerprint density at radius 3 is 2.78 bits per heavy atom. The summed E-state index contributed by atoms with van der Waals surface area (Å²) in [5.74, 6) is 2.59. The van der Waals surface area contributed by atoms with E-state index in [0.717, 1.165) is 33.7 Å². The molecule has 0 unspecified atom stereocenters. The van der Waals surface area contributed by atoms with E-state index in [0.29, 0.717) is 17.4 Å². The molecule has 0 bridgehead atoms. The van der Waals surface area contributed by atoms with E-state index in [9.17, 15) is 4.79 Å². The molecule has 0 spiro atoms. The second-order valence-electron chi connectivity index (χ2n) is 7.76. The molecule has 4 rings (SSSR count). The van der Waals surface area contributed by atoms with Gasteiger partial charge < -0.3 is 4.42 Å². The topological polar surface area (TPSA) is 77.1 Å². The summed E-state index contributed by atoms with van der Waals surface area (Å²) >= 11 is 3.04. The lowest BCUT2D eigenvalue weighted by Gasteiger charge is -2.18. The number of rotatable bonds is 8. The molecule has 1 amide bonds. The molecule has 0 radical (unpaired) electrons. The maximum absolute atomic E-state index is 12.4. The molecule has 4 aromatic rings. The van der Waals surface area contributed by atoms with Crippen molar-refractivity contribution in [2.75, 3.05) is 4.90 Å². The first-order valence-electron chi connectivity index (χ1n) is 10.3. The van der Waals surface area contributed by atoms with Gasteiger partial charge in [-0.15, -0.1) is 21.5 Å². The molecule has 0 saturated carbocycles. The van der Waals surface area contributed by atoms with Gasteiger partial charge in [-0.2, -0.15) is 0 Å². The van der Waals surface area contributed by atoms with Crippen LogP contribution in [0, 0.1) is 6.92 Å². The van der Waals surface area contributed by atoms with Crippen LogP contribution >= 0.6 is 23.1 Å². The maximum Gasteiger partial charge on any atom is 0.230 e. The fourth-order valence-electron chi connectivity index (χ4n) is 3.34. The standard InChI is InChI=1S/C23H25N5O2S2/c1-15(2)21-25-26-23(27(21)12-20-9-6-10-30-20)32-14-18-13-31-22(24-18)28(17(4)29)19-8-5-7-16(3)11-19/h5-11,13,15H,12,14H2,1-4H3. The Balaban J connectivity index is 1.53. The zero-order chi connectivity index (χ0) is 22.7. The summed E-state index contributed by atoms with van der Waals surface area (Å²) in [6.07, 6.45) is 1.67. The van der Waals surface area contributed by atoms with E-state index in [1.165, 1.54) is 11.3 Å². The number of thiazole rings is 1. The molecule has 32 heavy (non-hydrogen) atoms. The number of benzene rings is 1. The van der Waals surface area contributed by atoms with Gasteiger partial charge in [-0.05, 0) is 36.8 Å². The van der Waals surface area contributed by atoms with Gasteiger partial charge >= 0.3 is 0 Å². The number of carbonyl (C=O) groups is 1. The molecule has 0 fully saturated rings. The summed E-state index contributed by atoms with van der Waals surface area (Å²) in [6, 6.07) is 11.7. The number of aromatic nitrogens is 4. The molecular formula is C23H25N5O2S2. The van der Waals surface area contributed by atoms with Crippen LogP contribution in [0.2, 0.25) is 0 Å². The molecule has 0 N–H and O–H groups in total. The second kappa shape index (κ2) is 9.70. The molecule has 0 aliphatic carbocycles. The average Bonchev–Trinajstić information content (AvgIpc) is 3.48. The average molecular weight is 468 g/mol. The summed E-state index contributed by atoms with van der Waals surface area (Å²) in [5, 5.41) is 12.3. The first-order valence-corrected chi connectivity index (χ1v) is 12.2. The summed E-state index contributed by atoms with van der Waals surface area (Å²) in [7, 11) is 0. The summed E-state index contributed by atoms with van der Waals surface area (Å²) in [4.78, 5) is 18.7. The third-order valence-electron chi connectivity index (χ3n) is 4.81. The highest BCUT2D eigenvalue weighted by molar-refractivity contribution is 7.98. The van der Waals surface area contributed by atoms with Crippen LogP contribution in [0.15, 0.2) is 57.6 Å². The molecule has 0 atom stereocenters. The Kier molecular flexibility index (Phi) is 6.76. The Morgan fingerprint density at radius 1 is 1.25 bits per heavy atom. The van der Waals surface area contributed by atoms with Gasteiger partial charge in [-0.1, -0.05) is 37.7 Å². The van der Waals surface area contributed by atoms with Crippen molar-refractivity contribution in [1.29, 1.82) is 0 Å². The predicted octanol–water partition coefficient (Wildman–Crippen LogP) is 5.78. The highest BCUT2D eigenvalue weighted by Crippen LogP contribution is 2.32. The van der Waals surface area contributed by atoms with Crippen LogP contribution in [0.1, 0.15) is 49.5 Å². The first kappa shape index (κ1) is 22.3. The van der Waals surface area contributed by atoms with E-state index >= 15 is 0 Å². The monoisotopic (exact) mass is 467 g/mol. The van der Waals surface area contributed by atoms with Crippen LogP contribution in [0.25, 0.3) is 0 Å². The number of amides is 1. The zero-order valence-electron chi connectivity index (χ0n) is 18.5. The number of hydrogen-bond donors (Lipinski definition) is 0. The molecule has 9 heteroatoms. The van der Waals surface area contributed by atoms with Gasteiger partial charge in [0.2, 0.25) is 5.91 Å². The molecule has 1 aromatic carbocycles. The van der Waals surface area contributed by atoms with Crippen molar-refractivity contribution < 1.29 is 9.21 Å². The highest BCUT2D eigenvalue weighted by Gasteiger charge is 2.20. The van der Waals surface area contributed by atoms with Gasteiger partial charge in [0, 0.05) is 24.0 Å². The molecular weight excluding hydrogens is 442 g/mol. The minimum atomic E-state index is -0.0658. The molecule has 3 aromatic heterocycles. The highest BCUT2D eigenvalue weighted by atomic mass is 32.2. The van der Waals surface area contributed by atoms with Crippen molar-refractivity contribution in [2.24, 2.45) is 0 Å². The molecule has 166 valence electrons. The van der Waals surface area contributed by atoms with Gasteiger partial charge in [0.15, 0.2) is 10.3 Å². The molecule has 0 aliphatic heterocycles. The quantitative estimate of drug-likeness (QED) is 0.306. The number of hydrogen-bond acceptors (Lipinski definition) is 7. The Hall–Kier alpha value is -2.91. The van der Waals surface area contributed by atoms with E-state index in [-0.39, 0.29) is 11.8 Å². The fourth-order valence-corrected chi connectivity index (χ4v) is 5.17. The minimum absolute atomic E-state index is 0.0658. The molecule has 0 saturated heterocycles. The van der Waals surface area contributed by atoms with Crippen LogP contribution in [0.3, 0.4) is 0 Å². The third kappa shape index (κ3) is 4.94. The van der Waals surface area contributed by atoms with Crippen LogP contribution in [0.4, 0.5) is 10.8 Å². The van der Waals surface area contributed by atoms with Crippen molar-refractivity contribution in [3.63, 3.8) is 0 Å². The lowest BCUT2D eigenvalue weighted by molar-refractivity contribution is -0.115. The van der Waals surface area contributed by atoms with Crippen LogP contribution in [0.5, 0.6) is 0 Å². The van der Waals surface area contributed by atoms with Crippen LogP contribution < -0.4 is 4.90 Å². The SMILES string of the molecule is CC(=O)N(c1cccc(C)c1)c1nc(CSc2nnc(C(C)C)n2Cc2ccco2)cs1. The van der Waals surface area contributed by atoms with E-state index < -0.39 is 0 Å². The van der Waals surface area contributed by atoms with Crippen LogP contribution in [-0.4, -0.2) is 25.7 Å². The van der Waals surface area contributed by atoms with Gasteiger partial charge in [0.25, 0.3) is 0 Å². The summed E-state index contributed by atoms with van der Waals surface area (Å²) in [5.41, 5.74) is 2.82. The number of aryl methyl sites for hydroxylation is 1. The van der Waals surface area contributed by atoms with Gasteiger partial charge in [-0.25, -0.2) is 4.98 Å². The van der Waals surface area contributed by atoms with Gasteiger partial charge in [0.1, 0.15) is 11.6 Å². The third-order valence-corrected chi connectivity index (χ3v) is 6.69. The van der Waals surface area contributed by atoms with Crippen molar-refractivity contribution in [3.05, 3.63) is 70.9 Å². The molecule has 0 aliphatic rings. The van der Waals surface area contributed by atoms with Gasteiger partial charge in [0.05, 0.1) is 24.2 Å².